The number of H-pyrrole nitrogens is 1. The van der Waals surface area contributed by atoms with Crippen LogP contribution in [-0.4, -0.2) is 23.8 Å². The molecule has 126 valence electrons. The van der Waals surface area contributed by atoms with Crippen molar-refractivity contribution in [3.05, 3.63) is 35.5 Å². The van der Waals surface area contributed by atoms with Crippen LogP contribution in [0.4, 0.5) is 0 Å². The second-order valence-electron chi connectivity index (χ2n) is 6.91. The lowest BCUT2D eigenvalue weighted by atomic mass is 9.95. The van der Waals surface area contributed by atoms with Crippen LogP contribution in [0.3, 0.4) is 0 Å². The molecule has 1 aromatic heterocycles. The van der Waals surface area contributed by atoms with E-state index in [1.54, 1.807) is 5.56 Å². The minimum Gasteiger partial charge on any atom is -0.357 e. The zero-order valence-electron chi connectivity index (χ0n) is 14.6. The molecule has 0 bridgehead atoms. The summed E-state index contributed by atoms with van der Waals surface area (Å²) >= 11 is 2.12. The smallest absolute Gasteiger partial charge is 0.0545 e. The van der Waals surface area contributed by atoms with E-state index < -0.39 is 0 Å². The number of fused-ring (bicyclic) bond motifs is 3. The number of hydrogen-bond acceptors (Lipinski definition) is 2. The van der Waals surface area contributed by atoms with Crippen molar-refractivity contribution in [2.24, 2.45) is 0 Å². The zero-order valence-corrected chi connectivity index (χ0v) is 15.4. The van der Waals surface area contributed by atoms with Gasteiger partial charge < -0.3 is 10.3 Å². The molecule has 2 nitrogen and oxygen atoms in total. The summed E-state index contributed by atoms with van der Waals surface area (Å²) in [5.74, 6) is 1.24. The first-order valence-corrected chi connectivity index (χ1v) is 10.2. The molecule has 0 aliphatic carbocycles. The summed E-state index contributed by atoms with van der Waals surface area (Å²) < 4.78 is 0.225. The van der Waals surface area contributed by atoms with Crippen LogP contribution >= 0.6 is 11.8 Å². The molecule has 2 N–H and O–H groups in total. The van der Waals surface area contributed by atoms with Crippen LogP contribution in [0, 0.1) is 0 Å². The molecule has 0 spiro atoms. The first-order chi connectivity index (χ1) is 11.2. The lowest BCUT2D eigenvalue weighted by Crippen LogP contribution is -2.30. The maximum absolute atomic E-state index is 3.73. The summed E-state index contributed by atoms with van der Waals surface area (Å²) in [7, 11) is 0. The maximum atomic E-state index is 3.73. The molecular weight excluding hydrogens is 300 g/mol. The van der Waals surface area contributed by atoms with Gasteiger partial charge in [0.1, 0.15) is 0 Å². The van der Waals surface area contributed by atoms with Crippen LogP contribution in [0.1, 0.15) is 57.2 Å². The van der Waals surface area contributed by atoms with Crippen LogP contribution in [-0.2, 0) is 11.2 Å². The molecule has 1 unspecified atom stereocenters. The first-order valence-electron chi connectivity index (χ1n) is 9.19. The van der Waals surface area contributed by atoms with Gasteiger partial charge in [-0.15, -0.1) is 11.8 Å². The third-order valence-electron chi connectivity index (χ3n) is 5.10. The number of aryl methyl sites for hydroxylation is 1. The standard InChI is InChI=1S/C20H30N2S/c1-3-4-5-8-13-21-14-12-20(2)19-17(11-15-23-20)16-9-6-7-10-18(16)22-19/h6-7,9-10,21-22H,3-5,8,11-15H2,1-2H3. The van der Waals surface area contributed by atoms with E-state index >= 15 is 0 Å². The molecule has 1 aliphatic heterocycles. The van der Waals surface area contributed by atoms with Gasteiger partial charge >= 0.3 is 0 Å². The summed E-state index contributed by atoms with van der Waals surface area (Å²) in [6.07, 6.45) is 7.76. The van der Waals surface area contributed by atoms with Gasteiger partial charge in [-0.3, -0.25) is 0 Å². The van der Waals surface area contributed by atoms with Crippen molar-refractivity contribution in [3.8, 4) is 0 Å². The Morgan fingerprint density at radius 1 is 1.17 bits per heavy atom. The highest BCUT2D eigenvalue weighted by molar-refractivity contribution is 8.00. The number of aromatic amines is 1. The fraction of sp³-hybridized carbons (Fsp3) is 0.600. The molecule has 3 heteroatoms. The normalized spacial score (nSPS) is 20.8. The quantitative estimate of drug-likeness (QED) is 0.648. The Bertz CT molecular complexity index is 634. The van der Waals surface area contributed by atoms with Gasteiger partial charge in [-0.05, 0) is 56.7 Å². The maximum Gasteiger partial charge on any atom is 0.0545 e. The van der Waals surface area contributed by atoms with Gasteiger partial charge in [-0.25, -0.2) is 0 Å². The average Bonchev–Trinajstić information content (AvgIpc) is 2.95. The Morgan fingerprint density at radius 2 is 2.04 bits per heavy atom. The van der Waals surface area contributed by atoms with Crippen LogP contribution in [0.2, 0.25) is 0 Å². The molecule has 0 fully saturated rings. The van der Waals surface area contributed by atoms with Crippen molar-refractivity contribution in [2.75, 3.05) is 18.8 Å². The summed E-state index contributed by atoms with van der Waals surface area (Å²) in [6, 6.07) is 8.78. The summed E-state index contributed by atoms with van der Waals surface area (Å²) in [5, 5.41) is 5.09. The lowest BCUT2D eigenvalue weighted by molar-refractivity contribution is 0.529. The predicted octanol–water partition coefficient (Wildman–Crippen LogP) is 5.23. The topological polar surface area (TPSA) is 27.8 Å². The highest BCUT2D eigenvalue weighted by atomic mass is 32.2. The second-order valence-corrected chi connectivity index (χ2v) is 8.51. The Hall–Kier alpha value is -0.930. The molecule has 0 saturated heterocycles. The summed E-state index contributed by atoms with van der Waals surface area (Å²) in [5.41, 5.74) is 4.34. The van der Waals surface area contributed by atoms with E-state index in [-0.39, 0.29) is 4.75 Å². The number of unbranched alkanes of at least 4 members (excludes halogenated alkanes) is 3. The molecule has 0 amide bonds. The second kappa shape index (κ2) is 7.76. The number of para-hydroxylation sites is 1. The van der Waals surface area contributed by atoms with E-state index in [0.717, 1.165) is 6.54 Å². The van der Waals surface area contributed by atoms with Crippen LogP contribution in [0.15, 0.2) is 24.3 Å². The van der Waals surface area contributed by atoms with Gasteiger partial charge in [0.25, 0.3) is 0 Å². The van der Waals surface area contributed by atoms with Crippen molar-refractivity contribution in [3.63, 3.8) is 0 Å². The van der Waals surface area contributed by atoms with E-state index in [9.17, 15) is 0 Å². The van der Waals surface area contributed by atoms with Gasteiger partial charge in [0, 0.05) is 16.6 Å². The van der Waals surface area contributed by atoms with Crippen molar-refractivity contribution in [2.45, 2.75) is 57.1 Å². The molecule has 1 atom stereocenters. The van der Waals surface area contributed by atoms with Gasteiger partial charge in [0.15, 0.2) is 0 Å². The molecule has 3 rings (SSSR count). The van der Waals surface area contributed by atoms with E-state index in [2.05, 4.69) is 60.2 Å². The molecule has 0 radical (unpaired) electrons. The number of nitrogens with one attached hydrogen (secondary N) is 2. The molecule has 0 saturated carbocycles. The van der Waals surface area contributed by atoms with Crippen LogP contribution in [0.5, 0.6) is 0 Å². The van der Waals surface area contributed by atoms with Crippen molar-refractivity contribution < 1.29 is 0 Å². The minimum atomic E-state index is 0.225. The van der Waals surface area contributed by atoms with E-state index in [0.29, 0.717) is 0 Å². The fourth-order valence-electron chi connectivity index (χ4n) is 3.69. The average molecular weight is 331 g/mol. The van der Waals surface area contributed by atoms with Gasteiger partial charge in [0.2, 0.25) is 0 Å². The number of rotatable bonds is 8. The lowest BCUT2D eigenvalue weighted by Gasteiger charge is -2.33. The number of benzene rings is 1. The van der Waals surface area contributed by atoms with Crippen molar-refractivity contribution >= 4 is 22.7 Å². The fourth-order valence-corrected chi connectivity index (χ4v) is 5.01. The van der Waals surface area contributed by atoms with Crippen molar-refractivity contribution in [1.82, 2.24) is 10.3 Å². The first kappa shape index (κ1) is 16.9. The molecular formula is C20H30N2S. The summed E-state index contributed by atoms with van der Waals surface area (Å²) in [6.45, 7) is 6.97. The van der Waals surface area contributed by atoms with Gasteiger partial charge in [0.05, 0.1) is 4.75 Å². The predicted molar refractivity (Wildman–Crippen MR) is 103 cm³/mol. The molecule has 23 heavy (non-hydrogen) atoms. The molecule has 2 heterocycles. The Kier molecular flexibility index (Phi) is 5.71. The van der Waals surface area contributed by atoms with Crippen LogP contribution in [0.25, 0.3) is 10.9 Å². The number of aromatic nitrogens is 1. The minimum absolute atomic E-state index is 0.225. The highest BCUT2D eigenvalue weighted by Gasteiger charge is 2.34. The Labute approximate surface area is 144 Å². The largest absolute Gasteiger partial charge is 0.357 e. The molecule has 1 aliphatic rings. The van der Waals surface area contributed by atoms with E-state index in [4.69, 9.17) is 0 Å². The van der Waals surface area contributed by atoms with E-state index in [1.807, 2.05) is 0 Å². The zero-order chi connectivity index (χ0) is 16.1. The number of hydrogen-bond donors (Lipinski definition) is 2. The monoisotopic (exact) mass is 330 g/mol. The number of thioether (sulfide) groups is 1. The van der Waals surface area contributed by atoms with Crippen LogP contribution < -0.4 is 5.32 Å². The molecule has 2 aromatic rings. The summed E-state index contributed by atoms with van der Waals surface area (Å²) in [4.78, 5) is 3.73. The Balaban J connectivity index is 1.62. The highest BCUT2D eigenvalue weighted by Crippen LogP contribution is 2.46. The van der Waals surface area contributed by atoms with Crippen molar-refractivity contribution in [1.29, 1.82) is 0 Å². The third kappa shape index (κ3) is 3.77. The third-order valence-corrected chi connectivity index (χ3v) is 6.55. The molecule has 1 aromatic carbocycles. The van der Waals surface area contributed by atoms with E-state index in [1.165, 1.54) is 67.4 Å². The van der Waals surface area contributed by atoms with Gasteiger partial charge in [-0.2, -0.15) is 0 Å². The Morgan fingerprint density at radius 3 is 2.91 bits per heavy atom. The SMILES string of the molecule is CCCCCCNCCC1(C)SCCc2c1[nH]c1ccccc21. The van der Waals surface area contributed by atoms with Gasteiger partial charge in [-0.1, -0.05) is 44.4 Å².